The van der Waals surface area contributed by atoms with Gasteiger partial charge in [0.25, 0.3) is 5.91 Å². The largest absolute Gasteiger partial charge is 0.490 e. The van der Waals surface area contributed by atoms with Crippen LogP contribution >= 0.6 is 0 Å². The molecule has 0 saturated carbocycles. The number of aliphatic carboxylic acids is 1. The number of nitrogens with two attached hydrogens (primary N) is 1. The topological polar surface area (TPSA) is 128 Å². The van der Waals surface area contributed by atoms with Gasteiger partial charge in [0.15, 0.2) is 0 Å². The molecule has 4 rings (SSSR count). The number of carbonyl (C=O) groups is 3. The van der Waals surface area contributed by atoms with Crippen LogP contribution in [-0.4, -0.2) is 69.6 Å². The maximum atomic E-state index is 13.2. The van der Waals surface area contributed by atoms with Crippen molar-refractivity contribution in [2.45, 2.75) is 81.5 Å². The average molecular weight is 563 g/mol. The Morgan fingerprint density at radius 1 is 0.974 bits per heavy atom. The van der Waals surface area contributed by atoms with E-state index in [1.54, 1.807) is 9.80 Å². The summed E-state index contributed by atoms with van der Waals surface area (Å²) >= 11 is 0. The van der Waals surface area contributed by atoms with E-state index in [0.717, 1.165) is 37.8 Å². The molecule has 3 N–H and O–H groups in total. The molecular formula is C25H28F6N4O4. The van der Waals surface area contributed by atoms with E-state index in [1.807, 2.05) is 0 Å². The molecule has 0 spiro atoms. The number of nitrogens with zero attached hydrogens (tertiary/aromatic N) is 3. The molecule has 0 radical (unpaired) electrons. The monoisotopic (exact) mass is 562 g/mol. The first-order valence-corrected chi connectivity index (χ1v) is 12.4. The van der Waals surface area contributed by atoms with Gasteiger partial charge in [-0.15, -0.1) is 0 Å². The first-order chi connectivity index (χ1) is 18.1. The molecule has 214 valence electrons. The van der Waals surface area contributed by atoms with Crippen molar-refractivity contribution in [3.05, 3.63) is 35.4 Å². The van der Waals surface area contributed by atoms with Crippen molar-refractivity contribution in [2.24, 2.45) is 11.7 Å². The Morgan fingerprint density at radius 3 is 1.97 bits per heavy atom. The summed E-state index contributed by atoms with van der Waals surface area (Å²) in [4.78, 5) is 38.4. The number of likely N-dealkylation sites (tertiary alicyclic amines) is 1. The number of amides is 2. The molecule has 2 bridgehead atoms. The van der Waals surface area contributed by atoms with E-state index >= 15 is 0 Å². The fraction of sp³-hybridized carbons (Fsp3) is 0.600. The molecule has 8 nitrogen and oxygen atoms in total. The van der Waals surface area contributed by atoms with Crippen molar-refractivity contribution in [3.8, 4) is 6.07 Å². The predicted molar refractivity (Wildman–Crippen MR) is 124 cm³/mol. The van der Waals surface area contributed by atoms with Crippen molar-refractivity contribution < 1.29 is 45.8 Å². The highest BCUT2D eigenvalue weighted by Crippen LogP contribution is 2.40. The smallest absolute Gasteiger partial charge is 0.475 e. The molecule has 2 amide bonds. The van der Waals surface area contributed by atoms with Crippen molar-refractivity contribution in [1.29, 1.82) is 5.26 Å². The van der Waals surface area contributed by atoms with Gasteiger partial charge in [-0.1, -0.05) is 0 Å². The summed E-state index contributed by atoms with van der Waals surface area (Å²) in [5, 5.41) is 16.4. The van der Waals surface area contributed by atoms with Gasteiger partial charge in [0.2, 0.25) is 5.91 Å². The molecule has 0 aliphatic carbocycles. The lowest BCUT2D eigenvalue weighted by Gasteiger charge is -2.50. The van der Waals surface area contributed by atoms with E-state index in [2.05, 4.69) is 6.07 Å². The molecule has 3 heterocycles. The number of carbonyl (C=O) groups excluding carboxylic acids is 2. The number of carboxylic acid groups (broad SMARTS) is 1. The SMILES string of the molecule is N#C[C@@H]1CCCN1C(=O)C(N)C1CC2CCCC(C1)N2C(=O)c1ccc(C(F)(F)F)cc1.O=C(O)C(F)(F)F. The van der Waals surface area contributed by atoms with Gasteiger partial charge < -0.3 is 20.6 Å². The average Bonchev–Trinajstić information content (AvgIpc) is 3.35. The number of rotatable bonds is 3. The second-order valence-electron chi connectivity index (χ2n) is 9.91. The molecule has 4 atom stereocenters. The van der Waals surface area contributed by atoms with Crippen LogP contribution in [0.25, 0.3) is 0 Å². The van der Waals surface area contributed by atoms with Gasteiger partial charge in [0.1, 0.15) is 6.04 Å². The van der Waals surface area contributed by atoms with Crippen molar-refractivity contribution in [2.75, 3.05) is 6.54 Å². The quantitative estimate of drug-likeness (QED) is 0.537. The van der Waals surface area contributed by atoms with Gasteiger partial charge in [0.05, 0.1) is 17.7 Å². The molecule has 0 aromatic heterocycles. The van der Waals surface area contributed by atoms with Crippen LogP contribution < -0.4 is 5.73 Å². The molecule has 1 aromatic carbocycles. The van der Waals surface area contributed by atoms with Gasteiger partial charge in [0, 0.05) is 24.2 Å². The first-order valence-electron chi connectivity index (χ1n) is 12.4. The lowest BCUT2D eigenvalue weighted by Crippen LogP contribution is -2.59. The number of benzene rings is 1. The molecule has 3 saturated heterocycles. The third-order valence-corrected chi connectivity index (χ3v) is 7.43. The van der Waals surface area contributed by atoms with E-state index in [9.17, 15) is 41.2 Å². The third kappa shape index (κ3) is 7.00. The van der Waals surface area contributed by atoms with Crippen LogP contribution in [0.2, 0.25) is 0 Å². The molecule has 3 aliphatic heterocycles. The Balaban J connectivity index is 0.000000532. The van der Waals surface area contributed by atoms with Crippen LogP contribution in [-0.2, 0) is 15.8 Å². The Hall–Kier alpha value is -3.34. The number of alkyl halides is 6. The molecule has 1 aromatic rings. The van der Waals surface area contributed by atoms with Crippen molar-refractivity contribution in [1.82, 2.24) is 9.80 Å². The maximum Gasteiger partial charge on any atom is 0.490 e. The molecular weight excluding hydrogens is 534 g/mol. The van der Waals surface area contributed by atoms with Gasteiger partial charge in [-0.3, -0.25) is 9.59 Å². The normalized spacial score (nSPS) is 25.7. The molecule has 14 heteroatoms. The highest BCUT2D eigenvalue weighted by molar-refractivity contribution is 5.95. The standard InChI is InChI=1S/C23H27F3N4O2.C2HF3O2/c24-23(25,26)16-8-6-14(7-9-16)21(31)30-17-3-1-4-18(30)12-15(11-17)20(28)22(32)29-10-2-5-19(29)13-27;3-2(4,5)1(6)7/h6-9,15,17-20H,1-5,10-12,28H2;(H,6,7)/t15?,17?,18?,19-,20?;/m0./s1. The summed E-state index contributed by atoms with van der Waals surface area (Å²) in [6, 6.07) is 5.20. The zero-order chi connectivity index (χ0) is 29.1. The number of halogens is 6. The Kier molecular flexibility index (Phi) is 9.15. The number of hydrogen-bond acceptors (Lipinski definition) is 5. The zero-order valence-corrected chi connectivity index (χ0v) is 20.7. The van der Waals surface area contributed by atoms with Crippen LogP contribution in [0.15, 0.2) is 24.3 Å². The molecule has 3 aliphatic rings. The maximum absolute atomic E-state index is 13.2. The van der Waals surface area contributed by atoms with Gasteiger partial charge in [-0.2, -0.15) is 31.6 Å². The Labute approximate surface area is 220 Å². The predicted octanol–water partition coefficient (Wildman–Crippen LogP) is 3.95. The van der Waals surface area contributed by atoms with Crippen LogP contribution in [0.1, 0.15) is 60.9 Å². The van der Waals surface area contributed by atoms with Crippen LogP contribution in [0.5, 0.6) is 0 Å². The summed E-state index contributed by atoms with van der Waals surface area (Å²) in [5.74, 6) is -3.31. The minimum absolute atomic E-state index is 0.0885. The summed E-state index contributed by atoms with van der Waals surface area (Å²) in [7, 11) is 0. The summed E-state index contributed by atoms with van der Waals surface area (Å²) < 4.78 is 70.3. The van der Waals surface area contributed by atoms with Gasteiger partial charge >= 0.3 is 18.3 Å². The Bertz CT molecular complexity index is 1090. The molecule has 3 unspecified atom stereocenters. The lowest BCUT2D eigenvalue weighted by molar-refractivity contribution is -0.192. The van der Waals surface area contributed by atoms with E-state index in [-0.39, 0.29) is 35.4 Å². The first kappa shape index (κ1) is 30.2. The second kappa shape index (κ2) is 11.8. The third-order valence-electron chi connectivity index (χ3n) is 7.43. The second-order valence-corrected chi connectivity index (χ2v) is 9.91. The van der Waals surface area contributed by atoms with Crippen LogP contribution in [0.3, 0.4) is 0 Å². The van der Waals surface area contributed by atoms with Gasteiger partial charge in [-0.05, 0) is 75.1 Å². The van der Waals surface area contributed by atoms with E-state index in [1.165, 1.54) is 12.1 Å². The zero-order valence-electron chi connectivity index (χ0n) is 20.7. The van der Waals surface area contributed by atoms with E-state index in [0.29, 0.717) is 25.8 Å². The Morgan fingerprint density at radius 2 is 1.51 bits per heavy atom. The number of hydrogen-bond donors (Lipinski definition) is 2. The van der Waals surface area contributed by atoms with Crippen LogP contribution in [0, 0.1) is 17.2 Å². The molecule has 39 heavy (non-hydrogen) atoms. The molecule has 3 fully saturated rings. The van der Waals surface area contributed by atoms with Gasteiger partial charge in [-0.25, -0.2) is 4.79 Å². The van der Waals surface area contributed by atoms with E-state index in [4.69, 9.17) is 15.6 Å². The summed E-state index contributed by atoms with van der Waals surface area (Å²) in [5.41, 5.74) is 5.83. The fourth-order valence-electron chi connectivity index (χ4n) is 5.56. The van der Waals surface area contributed by atoms with E-state index < -0.39 is 36.0 Å². The minimum atomic E-state index is -5.08. The number of fused-ring (bicyclic) bond motifs is 2. The van der Waals surface area contributed by atoms with Crippen molar-refractivity contribution in [3.63, 3.8) is 0 Å². The van der Waals surface area contributed by atoms with Crippen LogP contribution in [0.4, 0.5) is 26.3 Å². The summed E-state index contributed by atoms with van der Waals surface area (Å²) in [6.45, 7) is 0.545. The number of piperidine rings is 2. The summed E-state index contributed by atoms with van der Waals surface area (Å²) in [6.07, 6.45) is -4.37. The number of nitriles is 1. The number of carboxylic acids is 1. The highest BCUT2D eigenvalue weighted by atomic mass is 19.4. The van der Waals surface area contributed by atoms with Crippen molar-refractivity contribution >= 4 is 17.8 Å². The highest BCUT2D eigenvalue weighted by Gasteiger charge is 2.45. The minimum Gasteiger partial charge on any atom is -0.475 e. The lowest BCUT2D eigenvalue weighted by atomic mass is 9.75. The fourth-order valence-corrected chi connectivity index (χ4v) is 5.56.